The molecule has 0 amide bonds. The summed E-state index contributed by atoms with van der Waals surface area (Å²) >= 11 is 0. The summed E-state index contributed by atoms with van der Waals surface area (Å²) in [5, 5.41) is 10.8. The Morgan fingerprint density at radius 2 is 1.83 bits per heavy atom. The maximum atomic E-state index is 15.4. The molecule has 1 aromatic carbocycles. The number of nitrogens with zero attached hydrogens (tertiary/aromatic N) is 5. The molecule has 1 N–H and O–H groups in total. The highest BCUT2D eigenvalue weighted by Gasteiger charge is 2.47. The van der Waals surface area contributed by atoms with E-state index in [1.165, 1.54) is 19.2 Å². The summed E-state index contributed by atoms with van der Waals surface area (Å²) in [6.45, 7) is -1.70. The first-order valence-electron chi connectivity index (χ1n) is 13.9. The van der Waals surface area contributed by atoms with Crippen LogP contribution in [0.4, 0.5) is 19.1 Å². The minimum Gasteiger partial charge on any atom is -0.469 e. The number of anilines is 1. The van der Waals surface area contributed by atoms with Gasteiger partial charge in [0.25, 0.3) is 0 Å². The molecule has 2 fully saturated rings. The van der Waals surface area contributed by atoms with E-state index < -0.39 is 24.5 Å². The lowest BCUT2D eigenvalue weighted by Crippen LogP contribution is -2.45. The van der Waals surface area contributed by atoms with Gasteiger partial charge >= 0.3 is 12.6 Å². The van der Waals surface area contributed by atoms with E-state index in [9.17, 15) is 18.7 Å². The van der Waals surface area contributed by atoms with Crippen LogP contribution in [-0.2, 0) is 9.53 Å². The van der Waals surface area contributed by atoms with Gasteiger partial charge in [0.05, 0.1) is 30.5 Å². The van der Waals surface area contributed by atoms with Gasteiger partial charge in [-0.15, -0.1) is 0 Å². The van der Waals surface area contributed by atoms with Crippen molar-refractivity contribution in [2.45, 2.75) is 37.9 Å². The number of pyridine rings is 1. The summed E-state index contributed by atoms with van der Waals surface area (Å²) in [5.41, 5.74) is 2.42. The largest absolute Gasteiger partial charge is 0.469 e. The van der Waals surface area contributed by atoms with E-state index in [1.54, 1.807) is 41.2 Å². The summed E-state index contributed by atoms with van der Waals surface area (Å²) < 4.78 is 53.1. The van der Waals surface area contributed by atoms with E-state index in [1.807, 2.05) is 0 Å². The van der Waals surface area contributed by atoms with Gasteiger partial charge in [-0.05, 0) is 37.2 Å². The van der Waals surface area contributed by atoms with Crippen LogP contribution in [0.5, 0.6) is 5.75 Å². The molecule has 7 rings (SSSR count). The molecule has 3 aliphatic rings. The molecule has 1 saturated carbocycles. The van der Waals surface area contributed by atoms with Crippen molar-refractivity contribution in [3.8, 4) is 16.9 Å². The molecule has 4 aromatic rings. The second-order valence-electron chi connectivity index (χ2n) is 11.2. The molecular weight excluding hydrogens is 551 g/mol. The fraction of sp³-hybridized carbons (Fsp3) is 0.400. The zero-order valence-electron chi connectivity index (χ0n) is 22.7. The Bertz CT molecular complexity index is 1650. The average Bonchev–Trinajstić information content (AvgIpc) is 3.60. The lowest BCUT2D eigenvalue weighted by molar-refractivity contribution is -0.148. The summed E-state index contributed by atoms with van der Waals surface area (Å²) in [5.74, 6) is -0.392. The summed E-state index contributed by atoms with van der Waals surface area (Å²) in [6.07, 6.45) is 5.90. The summed E-state index contributed by atoms with van der Waals surface area (Å²) in [7, 11) is 1.42. The molecule has 0 spiro atoms. The van der Waals surface area contributed by atoms with Crippen LogP contribution in [0.2, 0.25) is 0 Å². The number of aliphatic hydroxyl groups excluding tert-OH is 1. The van der Waals surface area contributed by atoms with Gasteiger partial charge in [-0.2, -0.15) is 8.78 Å². The number of benzene rings is 1. The first kappa shape index (κ1) is 26.7. The molecule has 2 unspecified atom stereocenters. The number of para-hydroxylation sites is 1. The van der Waals surface area contributed by atoms with E-state index in [0.29, 0.717) is 47.2 Å². The number of rotatable bonds is 6. The number of piperidine rings is 1. The van der Waals surface area contributed by atoms with Crippen LogP contribution in [-0.4, -0.2) is 57.2 Å². The number of fused-ring (bicyclic) bond motifs is 5. The fourth-order valence-electron chi connectivity index (χ4n) is 7.13. The second kappa shape index (κ2) is 10.3. The quantitative estimate of drug-likeness (QED) is 0.327. The minimum absolute atomic E-state index is 0.0166. The zero-order chi connectivity index (χ0) is 29.1. The van der Waals surface area contributed by atoms with Crippen LogP contribution < -0.4 is 9.64 Å². The molecule has 1 saturated heterocycles. The highest BCUT2D eigenvalue weighted by atomic mass is 19.3. The van der Waals surface area contributed by atoms with Crippen molar-refractivity contribution in [2.24, 2.45) is 17.8 Å². The number of imidazole rings is 1. The third kappa shape index (κ3) is 4.36. The Kier molecular flexibility index (Phi) is 6.52. The molecule has 12 heteroatoms. The Labute approximate surface area is 238 Å². The van der Waals surface area contributed by atoms with Crippen LogP contribution in [0.3, 0.4) is 0 Å². The van der Waals surface area contributed by atoms with Crippen molar-refractivity contribution >= 4 is 17.6 Å². The number of hydrogen-bond donors (Lipinski definition) is 1. The number of carbonyl (C=O) groups excluding carboxylic acids is 1. The third-order valence-electron chi connectivity index (χ3n) is 8.93. The van der Waals surface area contributed by atoms with Crippen LogP contribution >= 0.6 is 0 Å². The van der Waals surface area contributed by atoms with Gasteiger partial charge in [0.2, 0.25) is 5.95 Å². The maximum Gasteiger partial charge on any atom is 0.387 e. The van der Waals surface area contributed by atoms with Crippen molar-refractivity contribution in [3.63, 3.8) is 0 Å². The fourth-order valence-corrected chi connectivity index (χ4v) is 7.13. The van der Waals surface area contributed by atoms with Gasteiger partial charge in [0.1, 0.15) is 17.2 Å². The molecule has 5 atom stereocenters. The van der Waals surface area contributed by atoms with Gasteiger partial charge < -0.3 is 23.9 Å². The van der Waals surface area contributed by atoms with E-state index in [4.69, 9.17) is 9.47 Å². The maximum absolute atomic E-state index is 15.4. The van der Waals surface area contributed by atoms with Crippen molar-refractivity contribution in [2.75, 3.05) is 25.1 Å². The first-order chi connectivity index (χ1) is 20.3. The third-order valence-corrected chi connectivity index (χ3v) is 8.93. The van der Waals surface area contributed by atoms with E-state index in [0.717, 1.165) is 12.8 Å². The number of esters is 1. The standard InChI is InChI=1S/C30H28F3N5O4/c1-41-28(40)25-15-6-7-16(25)13-37(12-15)30-34-10-17(11-35-30)20-14-38-24(9-21(20)31)36-26-22(39)8-19(27(26)38)18-4-2-3-5-23(18)42-29(32)33/h2-5,9-11,14-16,19,22,25,29,39H,6-8,12-13H2,1H3/t15-,16?,19+,22+,25?/m0/s1. The van der Waals surface area contributed by atoms with Crippen LogP contribution in [0, 0.1) is 23.6 Å². The smallest absolute Gasteiger partial charge is 0.387 e. The van der Waals surface area contributed by atoms with Crippen LogP contribution in [0.15, 0.2) is 48.9 Å². The van der Waals surface area contributed by atoms with Crippen LogP contribution in [0.1, 0.15) is 48.2 Å². The number of carbonyl (C=O) groups is 1. The van der Waals surface area contributed by atoms with Crippen molar-refractivity contribution < 1.29 is 32.5 Å². The minimum atomic E-state index is -3.00. The Balaban J connectivity index is 1.21. The lowest BCUT2D eigenvalue weighted by atomic mass is 9.85. The Morgan fingerprint density at radius 3 is 2.52 bits per heavy atom. The topological polar surface area (TPSA) is 102 Å². The predicted octanol–water partition coefficient (Wildman–Crippen LogP) is 4.74. The molecule has 1 aliphatic heterocycles. The van der Waals surface area contributed by atoms with E-state index >= 15 is 4.39 Å². The number of aromatic nitrogens is 4. The number of aliphatic hydroxyl groups is 1. The number of methoxy groups -OCH3 is 1. The summed E-state index contributed by atoms with van der Waals surface area (Å²) in [6, 6.07) is 7.74. The highest BCUT2D eigenvalue weighted by molar-refractivity contribution is 5.74. The van der Waals surface area contributed by atoms with Gasteiger partial charge in [-0.25, -0.2) is 19.3 Å². The van der Waals surface area contributed by atoms with Gasteiger partial charge in [0, 0.05) is 60.4 Å². The molecule has 4 heterocycles. The second-order valence-corrected chi connectivity index (χ2v) is 11.2. The molecule has 3 aromatic heterocycles. The SMILES string of the molecule is COC(=O)C1C2CC[C@H]1CN(c1ncc(-c3cn4c5c(nc4cc3F)[C@H](O)C[C@@H]5c3ccccc3OC(F)F)cn1)C2. The molecule has 9 nitrogen and oxygen atoms in total. The van der Waals surface area contributed by atoms with E-state index in [-0.39, 0.29) is 41.5 Å². The monoisotopic (exact) mass is 579 g/mol. The Hall–Kier alpha value is -4.19. The zero-order valence-corrected chi connectivity index (χ0v) is 22.7. The first-order valence-corrected chi connectivity index (χ1v) is 13.9. The molecule has 218 valence electrons. The van der Waals surface area contributed by atoms with Crippen LogP contribution in [0.25, 0.3) is 16.8 Å². The van der Waals surface area contributed by atoms with Gasteiger partial charge in [-0.1, -0.05) is 18.2 Å². The average molecular weight is 580 g/mol. The molecular formula is C30H28F3N5O4. The van der Waals surface area contributed by atoms with Crippen molar-refractivity contribution in [3.05, 3.63) is 71.7 Å². The number of ether oxygens (including phenoxy) is 2. The van der Waals surface area contributed by atoms with Gasteiger partial charge in [-0.3, -0.25) is 4.79 Å². The number of halogens is 3. The van der Waals surface area contributed by atoms with Crippen molar-refractivity contribution in [1.82, 2.24) is 19.4 Å². The summed E-state index contributed by atoms with van der Waals surface area (Å²) in [4.78, 5) is 27.9. The highest BCUT2D eigenvalue weighted by Crippen LogP contribution is 2.47. The lowest BCUT2D eigenvalue weighted by Gasteiger charge is -2.36. The Morgan fingerprint density at radius 1 is 1.12 bits per heavy atom. The molecule has 2 bridgehead atoms. The molecule has 2 aliphatic carbocycles. The van der Waals surface area contributed by atoms with Crippen molar-refractivity contribution in [1.29, 1.82) is 0 Å². The number of hydrogen-bond acceptors (Lipinski definition) is 8. The normalized spacial score (nSPS) is 24.8. The molecule has 42 heavy (non-hydrogen) atoms. The molecule has 0 radical (unpaired) electrons. The van der Waals surface area contributed by atoms with Gasteiger partial charge in [0.15, 0.2) is 0 Å². The number of alkyl halides is 2. The predicted molar refractivity (Wildman–Crippen MR) is 145 cm³/mol. The van der Waals surface area contributed by atoms with E-state index in [2.05, 4.69) is 19.9 Å².